The molecule has 0 saturated carbocycles. The second-order valence-corrected chi connectivity index (χ2v) is 16.9. The van der Waals surface area contributed by atoms with E-state index < -0.39 is 36.6 Å². The van der Waals surface area contributed by atoms with Crippen molar-refractivity contribution in [2.75, 3.05) is 0 Å². The molecule has 4 nitrogen and oxygen atoms in total. The molecule has 2 heterocycles. The van der Waals surface area contributed by atoms with Gasteiger partial charge in [0, 0.05) is 37.1 Å². The first-order valence-electron chi connectivity index (χ1n) is 22.7. The zero-order chi connectivity index (χ0) is 46.2. The monoisotopic (exact) mass is 946 g/mol. The molecule has 0 saturated heterocycles. The van der Waals surface area contributed by atoms with Gasteiger partial charge in [0.15, 0.2) is 0 Å². The fraction of sp³-hybridized carbons (Fsp3) is 0.208. The number of imidazole rings is 1. The molecule has 0 unspecified atom stereocenters. The number of nitrogens with zero attached hydrogens (tertiary/aromatic N) is 3. The van der Waals surface area contributed by atoms with Gasteiger partial charge in [-0.05, 0) is 101 Å². The molecule has 58 heavy (non-hydrogen) atoms. The summed E-state index contributed by atoms with van der Waals surface area (Å²) in [5, 5.41) is 11.8. The second-order valence-electron chi connectivity index (χ2n) is 16.9. The Hall–Kier alpha value is -5.57. The van der Waals surface area contributed by atoms with Gasteiger partial charge in [-0.25, -0.2) is 4.98 Å². The van der Waals surface area contributed by atoms with E-state index in [2.05, 4.69) is 94.6 Å². The van der Waals surface area contributed by atoms with Crippen molar-refractivity contribution in [3.05, 3.63) is 167 Å². The number of hydrogen-bond acceptors (Lipinski definition) is 3. The molecule has 0 bridgehead atoms. The fourth-order valence-corrected chi connectivity index (χ4v) is 7.49. The van der Waals surface area contributed by atoms with E-state index in [9.17, 15) is 5.11 Å². The summed E-state index contributed by atoms with van der Waals surface area (Å²) in [5.74, 6) is 0.752. The summed E-state index contributed by atoms with van der Waals surface area (Å²) in [6.07, 6.45) is 1.55. The molecule has 0 atom stereocenters. The molecule has 294 valence electrons. The number of fused-ring (bicyclic) bond motifs is 1. The molecule has 0 fully saturated rings. The summed E-state index contributed by atoms with van der Waals surface area (Å²) in [6, 6.07) is 35.9. The fourth-order valence-electron chi connectivity index (χ4n) is 7.49. The van der Waals surface area contributed by atoms with Crippen molar-refractivity contribution in [1.29, 1.82) is 0 Å². The standard InChI is InChI=1S/C53H50N3O.Pt/c1-33-18-20-37(21-19-33)39-24-25-54-46(32-39)41-28-40(29-42(30-41)52(4,5)6)43-16-13-17-48-49(43)55-51(44-27-34(2)26-35(3)50(44)57)56(48)47-23-22-38(31-45(47)53(7,8)9)36-14-11-10-12-15-36;/h10-27,29-32,57H,1-9H3;/q-1;/i1D3,18D,19D,20D,21D;. The van der Waals surface area contributed by atoms with Gasteiger partial charge in [-0.1, -0.05) is 143 Å². The van der Waals surface area contributed by atoms with Gasteiger partial charge in [0.1, 0.15) is 11.6 Å². The van der Waals surface area contributed by atoms with Crippen molar-refractivity contribution in [1.82, 2.24) is 14.5 Å². The van der Waals surface area contributed by atoms with E-state index in [-0.39, 0.29) is 43.2 Å². The molecule has 6 aromatic carbocycles. The average Bonchev–Trinajstić information content (AvgIpc) is 3.63. The predicted molar refractivity (Wildman–Crippen MR) is 238 cm³/mol. The topological polar surface area (TPSA) is 50.9 Å². The maximum Gasteiger partial charge on any atom is 0.148 e. The van der Waals surface area contributed by atoms with Gasteiger partial charge >= 0.3 is 0 Å². The zero-order valence-electron chi connectivity index (χ0n) is 41.0. The third kappa shape index (κ3) is 7.83. The molecule has 8 aromatic rings. The van der Waals surface area contributed by atoms with Crippen LogP contribution in [0.1, 0.15) is 79.0 Å². The van der Waals surface area contributed by atoms with Gasteiger partial charge in [-0.2, -0.15) is 0 Å². The average molecular weight is 947 g/mol. The first-order valence-corrected chi connectivity index (χ1v) is 19.2. The Morgan fingerprint density at radius 2 is 1.40 bits per heavy atom. The number of aromatic hydroxyl groups is 1. The number of para-hydroxylation sites is 1. The molecule has 0 radical (unpaired) electrons. The van der Waals surface area contributed by atoms with Crippen LogP contribution >= 0.6 is 0 Å². The van der Waals surface area contributed by atoms with E-state index in [1.54, 1.807) is 18.3 Å². The minimum absolute atomic E-state index is 0. The number of pyridine rings is 1. The van der Waals surface area contributed by atoms with Crippen molar-refractivity contribution in [2.24, 2.45) is 0 Å². The Labute approximate surface area is 367 Å². The Kier molecular flexibility index (Phi) is 8.74. The summed E-state index contributed by atoms with van der Waals surface area (Å²) in [6.45, 7) is 14.1. The molecule has 2 aromatic heterocycles. The van der Waals surface area contributed by atoms with Crippen LogP contribution in [0.15, 0.2) is 133 Å². The maximum absolute atomic E-state index is 11.8. The number of rotatable bonds is 6. The van der Waals surface area contributed by atoms with Crippen molar-refractivity contribution < 1.29 is 35.8 Å². The summed E-state index contributed by atoms with van der Waals surface area (Å²) in [7, 11) is 0. The van der Waals surface area contributed by atoms with Crippen LogP contribution in [0.3, 0.4) is 0 Å². The van der Waals surface area contributed by atoms with E-state index >= 15 is 0 Å². The van der Waals surface area contributed by atoms with Gasteiger partial charge < -0.3 is 5.11 Å². The number of benzene rings is 6. The van der Waals surface area contributed by atoms with Crippen LogP contribution in [-0.2, 0) is 31.9 Å². The quantitative estimate of drug-likeness (QED) is 0.169. The molecule has 0 aliphatic rings. The normalized spacial score (nSPS) is 13.8. The van der Waals surface area contributed by atoms with E-state index in [4.69, 9.17) is 19.6 Å². The number of phenols is 1. The summed E-state index contributed by atoms with van der Waals surface area (Å²) in [5.41, 5.74) is 10.9. The minimum atomic E-state index is -2.82. The Morgan fingerprint density at radius 3 is 2.10 bits per heavy atom. The minimum Gasteiger partial charge on any atom is -0.507 e. The van der Waals surface area contributed by atoms with Crippen molar-refractivity contribution in [3.8, 4) is 67.5 Å². The largest absolute Gasteiger partial charge is 0.507 e. The van der Waals surface area contributed by atoms with E-state index in [0.717, 1.165) is 55.7 Å². The SMILES string of the molecule is [2H]c1c([2H])c(C([2H])([2H])[2H])c([2H])c([2H])c1-c1ccnc(-c2[c-]c(-c3cccc4c3nc(-c3cc(C)cc(C)c3O)n4-c3ccc(-c4ccccc4)cc3C(C)(C)C)cc(C(C)(C)C)c2)c1.[Pt]. The summed E-state index contributed by atoms with van der Waals surface area (Å²) < 4.78 is 60.4. The van der Waals surface area contributed by atoms with Crippen LogP contribution in [0.25, 0.3) is 72.7 Å². The molecular formula is C53H50N3OPt-. The molecular weight excluding hydrogens is 890 g/mol. The van der Waals surface area contributed by atoms with Crippen LogP contribution in [0.5, 0.6) is 5.75 Å². The Bertz CT molecular complexity index is 3120. The van der Waals surface area contributed by atoms with Gasteiger partial charge in [-0.3, -0.25) is 9.55 Å². The van der Waals surface area contributed by atoms with Gasteiger partial charge in [-0.15, -0.1) is 29.3 Å². The number of phenolic OH excluding ortho intramolecular Hbond substituents is 1. The Morgan fingerprint density at radius 1 is 0.672 bits per heavy atom. The first kappa shape index (κ1) is 32.4. The van der Waals surface area contributed by atoms with Crippen LogP contribution in [0.4, 0.5) is 0 Å². The zero-order valence-corrected chi connectivity index (χ0v) is 36.3. The van der Waals surface area contributed by atoms with Crippen LogP contribution in [0.2, 0.25) is 0 Å². The van der Waals surface area contributed by atoms with Gasteiger partial charge in [0.25, 0.3) is 0 Å². The predicted octanol–water partition coefficient (Wildman–Crippen LogP) is 13.8. The van der Waals surface area contributed by atoms with Crippen LogP contribution < -0.4 is 0 Å². The summed E-state index contributed by atoms with van der Waals surface area (Å²) >= 11 is 0. The van der Waals surface area contributed by atoms with Gasteiger partial charge in [0.05, 0.1) is 27.8 Å². The van der Waals surface area contributed by atoms with Gasteiger partial charge in [0.2, 0.25) is 0 Å². The van der Waals surface area contributed by atoms with Crippen LogP contribution in [-0.4, -0.2) is 19.6 Å². The molecule has 0 amide bonds. The number of aryl methyl sites for hydroxylation is 2. The van der Waals surface area contributed by atoms with E-state index in [0.29, 0.717) is 33.7 Å². The molecule has 0 aliphatic carbocycles. The second kappa shape index (κ2) is 15.6. The number of hydrogen-bond donors (Lipinski definition) is 1. The van der Waals surface area contributed by atoms with E-state index in [1.807, 2.05) is 62.4 Å². The van der Waals surface area contributed by atoms with E-state index in [1.165, 1.54) is 0 Å². The Balaban J connectivity index is 0.00000630. The molecule has 8 rings (SSSR count). The third-order valence-corrected chi connectivity index (χ3v) is 10.5. The van der Waals surface area contributed by atoms with Crippen molar-refractivity contribution >= 4 is 11.0 Å². The van der Waals surface area contributed by atoms with Crippen molar-refractivity contribution in [2.45, 2.75) is 73.1 Å². The smallest absolute Gasteiger partial charge is 0.148 e. The summed E-state index contributed by atoms with van der Waals surface area (Å²) in [4.78, 5) is 10.2. The third-order valence-electron chi connectivity index (χ3n) is 10.5. The molecule has 1 N–H and O–H groups in total. The molecule has 5 heteroatoms. The van der Waals surface area contributed by atoms with Crippen LogP contribution in [0, 0.1) is 26.8 Å². The molecule has 0 spiro atoms. The molecule has 0 aliphatic heterocycles. The maximum atomic E-state index is 11.8. The van der Waals surface area contributed by atoms with Crippen molar-refractivity contribution in [3.63, 3.8) is 0 Å². The number of aromatic nitrogens is 3. The first-order chi connectivity index (χ1) is 30.0.